The first-order chi connectivity index (χ1) is 11.2. The minimum absolute atomic E-state index is 0.0517. The summed E-state index contributed by atoms with van der Waals surface area (Å²) in [4.78, 5) is 28.1. The van der Waals surface area contributed by atoms with E-state index in [0.29, 0.717) is 27.9 Å². The summed E-state index contributed by atoms with van der Waals surface area (Å²) in [6, 6.07) is 5.51. The maximum atomic E-state index is 12.0. The number of fused-ring (bicyclic) bond motifs is 1. The van der Waals surface area contributed by atoms with E-state index in [2.05, 4.69) is 15.6 Å². The Labute approximate surface area is 136 Å². The number of benzene rings is 1. The zero-order valence-corrected chi connectivity index (χ0v) is 13.2. The first-order valence-corrected chi connectivity index (χ1v) is 7.89. The van der Waals surface area contributed by atoms with Crippen LogP contribution in [0.4, 0.5) is 0 Å². The molecule has 0 unspecified atom stereocenters. The fourth-order valence-corrected chi connectivity index (χ4v) is 2.88. The number of nitrogens with one attached hydrogen (secondary N) is 2. The average Bonchev–Trinajstić information content (AvgIpc) is 3.21. The van der Waals surface area contributed by atoms with E-state index in [4.69, 9.17) is 9.47 Å². The van der Waals surface area contributed by atoms with E-state index in [9.17, 15) is 9.59 Å². The molecule has 0 fully saturated rings. The number of carbonyl (C=O) groups excluding carboxylic acids is 2. The molecule has 2 amide bonds. The summed E-state index contributed by atoms with van der Waals surface area (Å²) in [5, 5.41) is 5.88. The number of hydrogen-bond acceptors (Lipinski definition) is 6. The van der Waals surface area contributed by atoms with Gasteiger partial charge in [0.05, 0.1) is 12.7 Å². The second-order valence-electron chi connectivity index (χ2n) is 4.73. The first kappa shape index (κ1) is 15.3. The fourth-order valence-electron chi connectivity index (χ4n) is 2.05. The second kappa shape index (κ2) is 6.66. The monoisotopic (exact) mass is 333 g/mol. The molecule has 23 heavy (non-hydrogen) atoms. The van der Waals surface area contributed by atoms with Gasteiger partial charge in [0, 0.05) is 12.1 Å². The lowest BCUT2D eigenvalue weighted by molar-refractivity contribution is -0.120. The Balaban J connectivity index is 1.68. The number of thiazole rings is 1. The zero-order chi connectivity index (χ0) is 16.2. The Morgan fingerprint density at radius 3 is 2.91 bits per heavy atom. The van der Waals surface area contributed by atoms with E-state index in [1.54, 1.807) is 0 Å². The summed E-state index contributed by atoms with van der Waals surface area (Å²) >= 11 is 1.25. The van der Waals surface area contributed by atoms with E-state index >= 15 is 0 Å². The third-order valence-electron chi connectivity index (χ3n) is 3.13. The average molecular weight is 333 g/mol. The number of hydrogen-bond donors (Lipinski definition) is 2. The molecule has 2 heterocycles. The topological polar surface area (TPSA) is 89.6 Å². The molecule has 8 heteroatoms. The minimum Gasteiger partial charge on any atom is -0.454 e. The summed E-state index contributed by atoms with van der Waals surface area (Å²) in [5.74, 6) is 0.826. The summed E-state index contributed by atoms with van der Waals surface area (Å²) in [7, 11) is 0. The van der Waals surface area contributed by atoms with Gasteiger partial charge in [-0.25, -0.2) is 4.98 Å². The van der Waals surface area contributed by atoms with Crippen LogP contribution in [0.2, 0.25) is 0 Å². The van der Waals surface area contributed by atoms with Crippen molar-refractivity contribution in [1.29, 1.82) is 0 Å². The SMILES string of the molecule is CCNC(=O)CNC(=O)c1cnc(-c2ccc3c(c2)OCO3)s1. The van der Waals surface area contributed by atoms with Gasteiger partial charge in [-0.1, -0.05) is 0 Å². The lowest BCUT2D eigenvalue weighted by atomic mass is 10.2. The van der Waals surface area contributed by atoms with Gasteiger partial charge in [0.2, 0.25) is 12.7 Å². The number of amides is 2. The van der Waals surface area contributed by atoms with Crippen LogP contribution in [0.25, 0.3) is 10.6 Å². The summed E-state index contributed by atoms with van der Waals surface area (Å²) in [6.07, 6.45) is 1.50. The van der Waals surface area contributed by atoms with Crippen LogP contribution < -0.4 is 20.1 Å². The Bertz CT molecular complexity index is 744. The molecular formula is C15H15N3O4S. The molecule has 1 aliphatic heterocycles. The van der Waals surface area contributed by atoms with Gasteiger partial charge in [0.25, 0.3) is 5.91 Å². The molecule has 0 saturated heterocycles. The van der Waals surface area contributed by atoms with Crippen molar-refractivity contribution in [3.8, 4) is 22.1 Å². The van der Waals surface area contributed by atoms with Crippen molar-refractivity contribution >= 4 is 23.2 Å². The van der Waals surface area contributed by atoms with Crippen LogP contribution in [0, 0.1) is 0 Å². The van der Waals surface area contributed by atoms with Crippen LogP contribution in [0.5, 0.6) is 11.5 Å². The molecule has 1 aromatic carbocycles. The highest BCUT2D eigenvalue weighted by Gasteiger charge is 2.17. The van der Waals surface area contributed by atoms with Gasteiger partial charge < -0.3 is 20.1 Å². The molecule has 1 aliphatic rings. The van der Waals surface area contributed by atoms with E-state index in [0.717, 1.165) is 5.56 Å². The van der Waals surface area contributed by atoms with Gasteiger partial charge >= 0.3 is 0 Å². The van der Waals surface area contributed by atoms with Crippen molar-refractivity contribution in [1.82, 2.24) is 15.6 Å². The Morgan fingerprint density at radius 1 is 1.26 bits per heavy atom. The Kier molecular flexibility index (Phi) is 4.42. The van der Waals surface area contributed by atoms with Gasteiger partial charge in [-0.15, -0.1) is 11.3 Å². The predicted octanol–water partition coefficient (Wildman–Crippen LogP) is 1.40. The zero-order valence-electron chi connectivity index (χ0n) is 12.4. The van der Waals surface area contributed by atoms with Crippen LogP contribution in [0.1, 0.15) is 16.6 Å². The quantitative estimate of drug-likeness (QED) is 0.863. The van der Waals surface area contributed by atoms with E-state index in [1.165, 1.54) is 17.5 Å². The van der Waals surface area contributed by atoms with Gasteiger partial charge in [0.1, 0.15) is 9.88 Å². The maximum Gasteiger partial charge on any atom is 0.263 e. The third kappa shape index (κ3) is 3.42. The van der Waals surface area contributed by atoms with Crippen molar-refractivity contribution < 1.29 is 19.1 Å². The first-order valence-electron chi connectivity index (χ1n) is 7.08. The normalized spacial score (nSPS) is 12.0. The molecule has 0 radical (unpaired) electrons. The molecule has 2 aromatic rings. The van der Waals surface area contributed by atoms with Crippen LogP contribution in [-0.2, 0) is 4.79 Å². The highest BCUT2D eigenvalue weighted by Crippen LogP contribution is 2.36. The van der Waals surface area contributed by atoms with E-state index < -0.39 is 0 Å². The summed E-state index contributed by atoms with van der Waals surface area (Å²) in [6.45, 7) is 2.51. The van der Waals surface area contributed by atoms with Crippen molar-refractivity contribution in [3.05, 3.63) is 29.3 Å². The van der Waals surface area contributed by atoms with Gasteiger partial charge in [-0.05, 0) is 25.1 Å². The van der Waals surface area contributed by atoms with Crippen molar-refractivity contribution in [2.24, 2.45) is 0 Å². The fraction of sp³-hybridized carbons (Fsp3) is 0.267. The number of ether oxygens (including phenoxy) is 2. The van der Waals surface area contributed by atoms with Crippen molar-refractivity contribution in [2.45, 2.75) is 6.92 Å². The molecule has 2 N–H and O–H groups in total. The summed E-state index contributed by atoms with van der Waals surface area (Å²) < 4.78 is 10.6. The van der Waals surface area contributed by atoms with E-state index in [1.807, 2.05) is 25.1 Å². The lowest BCUT2D eigenvalue weighted by Crippen LogP contribution is -2.36. The van der Waals surface area contributed by atoms with Gasteiger partial charge in [0.15, 0.2) is 11.5 Å². The van der Waals surface area contributed by atoms with Gasteiger partial charge in [-0.3, -0.25) is 9.59 Å². The largest absolute Gasteiger partial charge is 0.454 e. The van der Waals surface area contributed by atoms with Crippen molar-refractivity contribution in [2.75, 3.05) is 19.9 Å². The lowest BCUT2D eigenvalue weighted by Gasteiger charge is -2.03. The molecule has 3 rings (SSSR count). The molecule has 0 atom stereocenters. The molecule has 7 nitrogen and oxygen atoms in total. The molecular weight excluding hydrogens is 318 g/mol. The molecule has 0 saturated carbocycles. The van der Waals surface area contributed by atoms with Crippen LogP contribution >= 0.6 is 11.3 Å². The van der Waals surface area contributed by atoms with E-state index in [-0.39, 0.29) is 25.2 Å². The highest BCUT2D eigenvalue weighted by atomic mass is 32.1. The molecule has 120 valence electrons. The summed E-state index contributed by atoms with van der Waals surface area (Å²) in [5.41, 5.74) is 0.849. The van der Waals surface area contributed by atoms with Gasteiger partial charge in [-0.2, -0.15) is 0 Å². The van der Waals surface area contributed by atoms with Crippen molar-refractivity contribution in [3.63, 3.8) is 0 Å². The molecule has 0 bridgehead atoms. The van der Waals surface area contributed by atoms with Crippen LogP contribution in [0.15, 0.2) is 24.4 Å². The smallest absolute Gasteiger partial charge is 0.263 e. The standard InChI is InChI=1S/C15H15N3O4S/c1-2-16-13(19)7-17-14(20)12-6-18-15(23-12)9-3-4-10-11(5-9)22-8-21-10/h3-6H,2,7-8H2,1H3,(H,16,19)(H,17,20). The number of aromatic nitrogens is 1. The number of rotatable bonds is 5. The Morgan fingerprint density at radius 2 is 2.09 bits per heavy atom. The Hall–Kier alpha value is -2.61. The molecule has 0 spiro atoms. The number of likely N-dealkylation sites (N-methyl/N-ethyl adjacent to an activating group) is 1. The van der Waals surface area contributed by atoms with Crippen LogP contribution in [-0.4, -0.2) is 36.7 Å². The molecule has 0 aliphatic carbocycles. The predicted molar refractivity (Wildman–Crippen MR) is 84.7 cm³/mol. The number of nitrogens with zero attached hydrogens (tertiary/aromatic N) is 1. The number of carbonyl (C=O) groups is 2. The maximum absolute atomic E-state index is 12.0. The van der Waals surface area contributed by atoms with Crippen LogP contribution in [0.3, 0.4) is 0 Å². The molecule has 1 aromatic heterocycles. The second-order valence-corrected chi connectivity index (χ2v) is 5.76. The minimum atomic E-state index is -0.319. The highest BCUT2D eigenvalue weighted by molar-refractivity contribution is 7.16. The third-order valence-corrected chi connectivity index (χ3v) is 4.18.